The zero-order chi connectivity index (χ0) is 14.7. The van der Waals surface area contributed by atoms with Crippen LogP contribution >= 0.6 is 0 Å². The van der Waals surface area contributed by atoms with E-state index < -0.39 is 0 Å². The molecule has 1 N–H and O–H groups in total. The van der Waals surface area contributed by atoms with Crippen LogP contribution in [0.2, 0.25) is 0 Å². The van der Waals surface area contributed by atoms with Gasteiger partial charge >= 0.3 is 0 Å². The molecule has 2 heterocycles. The molecule has 0 aliphatic carbocycles. The summed E-state index contributed by atoms with van der Waals surface area (Å²) in [7, 11) is 0. The second kappa shape index (κ2) is 5.79. The highest BCUT2D eigenvalue weighted by molar-refractivity contribution is 6.06. The van der Waals surface area contributed by atoms with Gasteiger partial charge in [0.05, 0.1) is 5.56 Å². The molecule has 1 amide bonds. The van der Waals surface area contributed by atoms with E-state index >= 15 is 0 Å². The molecule has 21 heavy (non-hydrogen) atoms. The summed E-state index contributed by atoms with van der Waals surface area (Å²) >= 11 is 0. The second-order valence-electron chi connectivity index (χ2n) is 4.89. The summed E-state index contributed by atoms with van der Waals surface area (Å²) in [6, 6.07) is 11.8. The number of para-hydroxylation sites is 1. The van der Waals surface area contributed by atoms with E-state index in [1.54, 1.807) is 12.4 Å². The molecule has 4 heteroatoms. The van der Waals surface area contributed by atoms with Gasteiger partial charge in [-0.05, 0) is 24.6 Å². The van der Waals surface area contributed by atoms with E-state index in [1.807, 2.05) is 42.6 Å². The van der Waals surface area contributed by atoms with Crippen molar-refractivity contribution in [3.05, 3.63) is 66.1 Å². The number of carbonyl (C=O) groups excluding carboxylic acids is 1. The van der Waals surface area contributed by atoms with Crippen LogP contribution in [0.25, 0.3) is 10.9 Å². The van der Waals surface area contributed by atoms with Crippen LogP contribution in [0.1, 0.15) is 22.8 Å². The summed E-state index contributed by atoms with van der Waals surface area (Å²) < 4.78 is 2.09. The van der Waals surface area contributed by atoms with Crippen molar-refractivity contribution in [3.8, 4) is 0 Å². The monoisotopic (exact) mass is 279 g/mol. The van der Waals surface area contributed by atoms with Gasteiger partial charge in [0.1, 0.15) is 0 Å². The molecule has 3 aromatic rings. The van der Waals surface area contributed by atoms with E-state index in [0.717, 1.165) is 28.6 Å². The number of nitrogens with one attached hydrogen (secondary N) is 1. The van der Waals surface area contributed by atoms with Crippen LogP contribution in [0.5, 0.6) is 0 Å². The van der Waals surface area contributed by atoms with Crippen LogP contribution in [0, 0.1) is 0 Å². The molecule has 0 bridgehead atoms. The lowest BCUT2D eigenvalue weighted by Gasteiger charge is -2.04. The largest absolute Gasteiger partial charge is 0.348 e. The molecular formula is C17H17N3O. The molecule has 1 aromatic carbocycles. The smallest absolute Gasteiger partial charge is 0.253 e. The van der Waals surface area contributed by atoms with Gasteiger partial charge in [-0.3, -0.25) is 9.78 Å². The van der Waals surface area contributed by atoms with Crippen LogP contribution in [0.4, 0.5) is 0 Å². The third-order valence-electron chi connectivity index (χ3n) is 3.55. The van der Waals surface area contributed by atoms with Crippen molar-refractivity contribution in [2.45, 2.75) is 20.0 Å². The number of aryl methyl sites for hydroxylation is 1. The lowest BCUT2D eigenvalue weighted by Crippen LogP contribution is -2.22. The topological polar surface area (TPSA) is 46.9 Å². The Morgan fingerprint density at radius 2 is 2.10 bits per heavy atom. The van der Waals surface area contributed by atoms with Gasteiger partial charge in [0.25, 0.3) is 5.91 Å². The van der Waals surface area contributed by atoms with E-state index in [0.29, 0.717) is 6.54 Å². The number of carbonyl (C=O) groups is 1. The van der Waals surface area contributed by atoms with Gasteiger partial charge in [0, 0.05) is 42.6 Å². The number of rotatable bonds is 4. The Balaban J connectivity index is 1.85. The molecule has 0 aliphatic heterocycles. The van der Waals surface area contributed by atoms with Crippen molar-refractivity contribution in [1.29, 1.82) is 0 Å². The lowest BCUT2D eigenvalue weighted by atomic mass is 10.1. The lowest BCUT2D eigenvalue weighted by molar-refractivity contribution is 0.0952. The van der Waals surface area contributed by atoms with Crippen LogP contribution < -0.4 is 5.32 Å². The molecular weight excluding hydrogens is 262 g/mol. The van der Waals surface area contributed by atoms with Gasteiger partial charge in [-0.15, -0.1) is 0 Å². The summed E-state index contributed by atoms with van der Waals surface area (Å²) in [4.78, 5) is 16.5. The standard InChI is InChI=1S/C17H17N3O/c1-2-20-12-15(14-7-3-4-8-16(14)20)17(21)19-11-13-6-5-9-18-10-13/h3-10,12H,2,11H2,1H3,(H,19,21). The second-order valence-corrected chi connectivity index (χ2v) is 4.89. The molecule has 0 fully saturated rings. The molecule has 0 atom stereocenters. The molecule has 3 rings (SSSR count). The average Bonchev–Trinajstić information content (AvgIpc) is 2.92. The zero-order valence-electron chi connectivity index (χ0n) is 11.9. The maximum atomic E-state index is 12.4. The molecule has 0 saturated heterocycles. The van der Waals surface area contributed by atoms with Crippen molar-refractivity contribution in [2.24, 2.45) is 0 Å². The molecule has 2 aromatic heterocycles. The molecule has 0 aliphatic rings. The quantitative estimate of drug-likeness (QED) is 0.798. The minimum atomic E-state index is -0.0535. The van der Waals surface area contributed by atoms with Gasteiger partial charge in [-0.2, -0.15) is 0 Å². The highest BCUT2D eigenvalue weighted by Crippen LogP contribution is 2.21. The summed E-state index contributed by atoms with van der Waals surface area (Å²) in [5, 5.41) is 3.94. The van der Waals surface area contributed by atoms with E-state index in [-0.39, 0.29) is 5.91 Å². The Morgan fingerprint density at radius 1 is 1.24 bits per heavy atom. The fourth-order valence-corrected chi connectivity index (χ4v) is 2.47. The summed E-state index contributed by atoms with van der Waals surface area (Å²) in [5.74, 6) is -0.0535. The molecule has 0 saturated carbocycles. The van der Waals surface area contributed by atoms with Crippen LogP contribution in [-0.4, -0.2) is 15.5 Å². The predicted molar refractivity (Wildman–Crippen MR) is 83.0 cm³/mol. The first-order chi connectivity index (χ1) is 10.3. The Hall–Kier alpha value is -2.62. The SMILES string of the molecule is CCn1cc(C(=O)NCc2cccnc2)c2ccccc21. The van der Waals surface area contributed by atoms with E-state index in [2.05, 4.69) is 21.8 Å². The third kappa shape index (κ3) is 2.65. The molecule has 4 nitrogen and oxygen atoms in total. The minimum Gasteiger partial charge on any atom is -0.348 e. The maximum Gasteiger partial charge on any atom is 0.253 e. The Labute approximate surface area is 123 Å². The average molecular weight is 279 g/mol. The minimum absolute atomic E-state index is 0.0535. The van der Waals surface area contributed by atoms with Crippen molar-refractivity contribution >= 4 is 16.8 Å². The number of benzene rings is 1. The first-order valence-electron chi connectivity index (χ1n) is 7.04. The van der Waals surface area contributed by atoms with Crippen molar-refractivity contribution < 1.29 is 4.79 Å². The fourth-order valence-electron chi connectivity index (χ4n) is 2.47. The third-order valence-corrected chi connectivity index (χ3v) is 3.55. The van der Waals surface area contributed by atoms with Crippen LogP contribution in [0.15, 0.2) is 55.0 Å². The summed E-state index contributed by atoms with van der Waals surface area (Å²) in [6.45, 7) is 3.40. The number of nitrogens with zero attached hydrogens (tertiary/aromatic N) is 2. The van der Waals surface area contributed by atoms with Crippen LogP contribution in [-0.2, 0) is 13.1 Å². The first kappa shape index (κ1) is 13.4. The van der Waals surface area contributed by atoms with Crippen molar-refractivity contribution in [3.63, 3.8) is 0 Å². The number of amides is 1. The fraction of sp³-hybridized carbons (Fsp3) is 0.176. The van der Waals surface area contributed by atoms with Gasteiger partial charge < -0.3 is 9.88 Å². The number of hydrogen-bond acceptors (Lipinski definition) is 2. The van der Waals surface area contributed by atoms with E-state index in [9.17, 15) is 4.79 Å². The van der Waals surface area contributed by atoms with Gasteiger partial charge in [0.2, 0.25) is 0 Å². The highest BCUT2D eigenvalue weighted by atomic mass is 16.1. The normalized spacial score (nSPS) is 10.7. The Morgan fingerprint density at radius 3 is 2.86 bits per heavy atom. The summed E-state index contributed by atoms with van der Waals surface area (Å²) in [6.07, 6.45) is 5.40. The molecule has 0 radical (unpaired) electrons. The Bertz CT molecular complexity index is 762. The van der Waals surface area contributed by atoms with Gasteiger partial charge in [-0.1, -0.05) is 24.3 Å². The van der Waals surface area contributed by atoms with Gasteiger partial charge in [-0.25, -0.2) is 0 Å². The van der Waals surface area contributed by atoms with E-state index in [4.69, 9.17) is 0 Å². The predicted octanol–water partition coefficient (Wildman–Crippen LogP) is 2.99. The maximum absolute atomic E-state index is 12.4. The Kier molecular flexibility index (Phi) is 3.69. The number of pyridine rings is 1. The van der Waals surface area contributed by atoms with Crippen molar-refractivity contribution in [2.75, 3.05) is 0 Å². The first-order valence-corrected chi connectivity index (χ1v) is 7.04. The highest BCUT2D eigenvalue weighted by Gasteiger charge is 2.13. The van der Waals surface area contributed by atoms with Gasteiger partial charge in [0.15, 0.2) is 0 Å². The molecule has 0 spiro atoms. The summed E-state index contributed by atoms with van der Waals surface area (Å²) in [5.41, 5.74) is 2.80. The molecule has 0 unspecified atom stereocenters. The van der Waals surface area contributed by atoms with E-state index in [1.165, 1.54) is 0 Å². The number of hydrogen-bond donors (Lipinski definition) is 1. The van der Waals surface area contributed by atoms with Crippen molar-refractivity contribution in [1.82, 2.24) is 14.9 Å². The number of aromatic nitrogens is 2. The molecule has 106 valence electrons. The zero-order valence-corrected chi connectivity index (χ0v) is 11.9. The number of fused-ring (bicyclic) bond motifs is 1. The van der Waals surface area contributed by atoms with Crippen LogP contribution in [0.3, 0.4) is 0 Å².